The van der Waals surface area contributed by atoms with Crippen LogP contribution in [0.5, 0.6) is 0 Å². The first kappa shape index (κ1) is 84.6. The van der Waals surface area contributed by atoms with E-state index in [1.165, 1.54) is 385 Å². The molecule has 0 aromatic heterocycles. The van der Waals surface area contributed by atoms with Crippen molar-refractivity contribution in [3.8, 4) is 0 Å². The minimum absolute atomic E-state index is 0.0151. The lowest BCUT2D eigenvalue weighted by Gasteiger charge is -2.22. The number of hydrogen-bond acceptors (Lipinski definition) is 5. The van der Waals surface area contributed by atoms with E-state index in [9.17, 15) is 19.8 Å². The normalized spacial score (nSPS) is 12.5. The fraction of sp³-hybridized carbons (Fsp3) is 0.950. The van der Waals surface area contributed by atoms with Gasteiger partial charge in [-0.3, -0.25) is 9.59 Å². The molecule has 0 radical (unpaired) electrons. The Balaban J connectivity index is 3.32. The maximum Gasteiger partial charge on any atom is 0.305 e. The zero-order chi connectivity index (χ0) is 62.0. The molecule has 0 aromatic rings. The Kier molecular flexibility index (Phi) is 74.8. The van der Waals surface area contributed by atoms with Crippen LogP contribution >= 0.6 is 0 Å². The molecule has 512 valence electrons. The average Bonchev–Trinajstić information content (AvgIpc) is 3.53. The standard InChI is InChI=1S/C80H157NO5/c1-3-5-7-9-11-13-15-17-19-21-22-35-38-41-44-48-52-56-60-64-68-72-78(83)77(76-82)81-79(84)73-69-65-61-57-53-49-45-42-39-36-33-31-29-27-25-23-24-26-28-30-32-34-37-40-43-47-51-55-59-63-67-71-75-86-80(85)74-70-66-62-58-54-50-46-20-18-16-14-12-10-8-6-4-2/h20,46,77-78,82-83H,3-19,21-45,47-76H2,1-2H3,(H,81,84)/b46-20-. The maximum atomic E-state index is 12.6. The van der Waals surface area contributed by atoms with Crippen LogP contribution in [0.25, 0.3) is 0 Å². The summed E-state index contributed by atoms with van der Waals surface area (Å²) in [6, 6.07) is -0.538. The first-order valence-corrected chi connectivity index (χ1v) is 39.9. The van der Waals surface area contributed by atoms with E-state index in [-0.39, 0.29) is 18.5 Å². The van der Waals surface area contributed by atoms with Crippen molar-refractivity contribution in [3.63, 3.8) is 0 Å². The van der Waals surface area contributed by atoms with Crippen LogP contribution < -0.4 is 5.32 Å². The molecular weight excluding hydrogens is 1050 g/mol. The Hall–Kier alpha value is -1.40. The summed E-state index contributed by atoms with van der Waals surface area (Å²) in [6.07, 6.45) is 95.9. The maximum absolute atomic E-state index is 12.6. The van der Waals surface area contributed by atoms with E-state index in [1.807, 2.05) is 0 Å². The number of ether oxygens (including phenoxy) is 1. The van der Waals surface area contributed by atoms with Crippen molar-refractivity contribution in [1.82, 2.24) is 5.32 Å². The summed E-state index contributed by atoms with van der Waals surface area (Å²) < 4.78 is 5.50. The van der Waals surface area contributed by atoms with Gasteiger partial charge >= 0.3 is 5.97 Å². The number of carbonyl (C=O) groups excluding carboxylic acids is 2. The number of carbonyl (C=O) groups is 2. The van der Waals surface area contributed by atoms with Crippen LogP contribution in [0.3, 0.4) is 0 Å². The lowest BCUT2D eigenvalue weighted by molar-refractivity contribution is -0.143. The number of nitrogens with one attached hydrogen (secondary N) is 1. The van der Waals surface area contributed by atoms with Crippen LogP contribution in [-0.2, 0) is 14.3 Å². The van der Waals surface area contributed by atoms with Gasteiger partial charge in [0.25, 0.3) is 0 Å². The summed E-state index contributed by atoms with van der Waals surface area (Å²) in [6.45, 7) is 5.01. The van der Waals surface area contributed by atoms with Gasteiger partial charge in [-0.15, -0.1) is 0 Å². The van der Waals surface area contributed by atoms with E-state index >= 15 is 0 Å². The molecule has 2 unspecified atom stereocenters. The number of aliphatic hydroxyl groups excluding tert-OH is 2. The summed E-state index contributed by atoms with van der Waals surface area (Å²) in [5, 5.41) is 23.5. The summed E-state index contributed by atoms with van der Waals surface area (Å²) in [7, 11) is 0. The van der Waals surface area contributed by atoms with E-state index < -0.39 is 12.1 Å². The molecule has 0 rings (SSSR count). The number of rotatable bonds is 76. The Morgan fingerprint density at radius 1 is 0.314 bits per heavy atom. The zero-order valence-corrected chi connectivity index (χ0v) is 58.8. The summed E-state index contributed by atoms with van der Waals surface area (Å²) in [5.41, 5.74) is 0. The molecule has 0 bridgehead atoms. The number of unbranched alkanes of at least 4 members (excludes halogenated alkanes) is 63. The van der Waals surface area contributed by atoms with Gasteiger partial charge in [-0.25, -0.2) is 0 Å². The second-order valence-corrected chi connectivity index (χ2v) is 27.8. The lowest BCUT2D eigenvalue weighted by atomic mass is 10.0. The Bertz CT molecular complexity index is 1300. The zero-order valence-electron chi connectivity index (χ0n) is 58.8. The van der Waals surface area contributed by atoms with Crippen LogP contribution in [0.1, 0.15) is 463 Å². The first-order valence-electron chi connectivity index (χ1n) is 39.9. The topological polar surface area (TPSA) is 95.9 Å². The molecule has 0 aliphatic rings. The third kappa shape index (κ3) is 71.7. The van der Waals surface area contributed by atoms with Crippen molar-refractivity contribution < 1.29 is 24.5 Å². The number of aliphatic hydroxyl groups is 2. The molecule has 0 aliphatic carbocycles. The van der Waals surface area contributed by atoms with Gasteiger partial charge in [0.2, 0.25) is 5.91 Å². The Labute approximate surface area is 539 Å². The molecule has 0 fully saturated rings. The summed E-state index contributed by atoms with van der Waals surface area (Å²) in [4.78, 5) is 24.7. The summed E-state index contributed by atoms with van der Waals surface area (Å²) in [5.74, 6) is -0.00965. The molecule has 0 spiro atoms. The predicted octanol–water partition coefficient (Wildman–Crippen LogP) is 26.3. The van der Waals surface area contributed by atoms with Gasteiger partial charge in [0.05, 0.1) is 25.4 Å². The first-order chi connectivity index (χ1) is 42.5. The predicted molar refractivity (Wildman–Crippen MR) is 380 cm³/mol. The molecule has 3 N–H and O–H groups in total. The highest BCUT2D eigenvalue weighted by molar-refractivity contribution is 5.76. The monoisotopic (exact) mass is 1210 g/mol. The molecule has 2 atom stereocenters. The van der Waals surface area contributed by atoms with Crippen LogP contribution in [0.15, 0.2) is 12.2 Å². The van der Waals surface area contributed by atoms with Crippen molar-refractivity contribution in [2.75, 3.05) is 13.2 Å². The van der Waals surface area contributed by atoms with Gasteiger partial charge in [-0.1, -0.05) is 411 Å². The molecule has 86 heavy (non-hydrogen) atoms. The minimum Gasteiger partial charge on any atom is -0.466 e. The number of amides is 1. The van der Waals surface area contributed by atoms with Crippen molar-refractivity contribution in [2.24, 2.45) is 0 Å². The van der Waals surface area contributed by atoms with Crippen molar-refractivity contribution in [1.29, 1.82) is 0 Å². The smallest absolute Gasteiger partial charge is 0.305 e. The highest BCUT2D eigenvalue weighted by Crippen LogP contribution is 2.20. The average molecular weight is 1210 g/mol. The van der Waals surface area contributed by atoms with Gasteiger partial charge in [-0.05, 0) is 51.4 Å². The number of hydrogen-bond donors (Lipinski definition) is 3. The largest absolute Gasteiger partial charge is 0.466 e. The van der Waals surface area contributed by atoms with E-state index in [1.54, 1.807) is 0 Å². The second kappa shape index (κ2) is 76.1. The third-order valence-electron chi connectivity index (χ3n) is 19.1. The second-order valence-electron chi connectivity index (χ2n) is 27.8. The molecule has 0 aromatic carbocycles. The third-order valence-corrected chi connectivity index (χ3v) is 19.1. The molecule has 1 amide bonds. The molecule has 6 heteroatoms. The fourth-order valence-electron chi connectivity index (χ4n) is 13.0. The van der Waals surface area contributed by atoms with Gasteiger partial charge in [0.1, 0.15) is 0 Å². The van der Waals surface area contributed by atoms with Crippen LogP contribution in [0.4, 0.5) is 0 Å². The van der Waals surface area contributed by atoms with Gasteiger partial charge in [-0.2, -0.15) is 0 Å². The van der Waals surface area contributed by atoms with Crippen LogP contribution in [-0.4, -0.2) is 47.4 Å². The fourth-order valence-corrected chi connectivity index (χ4v) is 13.0. The van der Waals surface area contributed by atoms with Crippen molar-refractivity contribution in [2.45, 2.75) is 475 Å². The lowest BCUT2D eigenvalue weighted by Crippen LogP contribution is -2.45. The van der Waals surface area contributed by atoms with Crippen molar-refractivity contribution in [3.05, 3.63) is 12.2 Å². The SMILES string of the molecule is CCCCCCCCC/C=C\CCCCCCCC(=O)OCCCCCCCCCCCCCCCCCCCCCCCCCCCCCCCCCCC(=O)NC(CO)C(O)CCCCCCCCCCCCCCCCCCCCCCC. The molecule has 0 saturated carbocycles. The van der Waals surface area contributed by atoms with Gasteiger partial charge in [0, 0.05) is 12.8 Å². The summed E-state index contributed by atoms with van der Waals surface area (Å²) >= 11 is 0. The van der Waals surface area contributed by atoms with Gasteiger partial charge in [0.15, 0.2) is 0 Å². The van der Waals surface area contributed by atoms with E-state index in [2.05, 4.69) is 31.3 Å². The van der Waals surface area contributed by atoms with Gasteiger partial charge < -0.3 is 20.3 Å². The quantitative estimate of drug-likeness (QED) is 0.0320. The van der Waals surface area contributed by atoms with E-state index in [4.69, 9.17) is 4.74 Å². The number of allylic oxidation sites excluding steroid dienone is 2. The molecule has 6 nitrogen and oxygen atoms in total. The minimum atomic E-state index is -0.662. The highest BCUT2D eigenvalue weighted by Gasteiger charge is 2.20. The van der Waals surface area contributed by atoms with Crippen molar-refractivity contribution >= 4 is 11.9 Å². The molecule has 0 aliphatic heterocycles. The number of esters is 1. The van der Waals surface area contributed by atoms with E-state index in [0.717, 1.165) is 44.9 Å². The molecule has 0 heterocycles. The van der Waals surface area contributed by atoms with Crippen LogP contribution in [0.2, 0.25) is 0 Å². The van der Waals surface area contributed by atoms with Crippen LogP contribution in [0, 0.1) is 0 Å². The molecular formula is C80H157NO5. The Morgan fingerprint density at radius 3 is 0.826 bits per heavy atom. The Morgan fingerprint density at radius 2 is 0.547 bits per heavy atom. The highest BCUT2D eigenvalue weighted by atomic mass is 16.5. The molecule has 0 saturated heterocycles. The van der Waals surface area contributed by atoms with E-state index in [0.29, 0.717) is 25.9 Å².